The lowest BCUT2D eigenvalue weighted by Gasteiger charge is -2.16. The number of carbonyl (C=O) groups excluding carboxylic acids is 2. The van der Waals surface area contributed by atoms with Gasteiger partial charge in [0.05, 0.1) is 12.7 Å². The van der Waals surface area contributed by atoms with Crippen molar-refractivity contribution in [1.29, 1.82) is 0 Å². The summed E-state index contributed by atoms with van der Waals surface area (Å²) in [6.07, 6.45) is 0.0152. The van der Waals surface area contributed by atoms with E-state index in [0.29, 0.717) is 19.7 Å². The highest BCUT2D eigenvalue weighted by atomic mass is 16.5. The van der Waals surface area contributed by atoms with Gasteiger partial charge >= 0.3 is 12.1 Å². The molecule has 1 atom stereocenters. The number of benzene rings is 1. The minimum Gasteiger partial charge on any atom is -0.493 e. The summed E-state index contributed by atoms with van der Waals surface area (Å²) in [6, 6.07) is 4.60. The second-order valence-electron chi connectivity index (χ2n) is 5.05. The van der Waals surface area contributed by atoms with Crippen LogP contribution in [0.5, 0.6) is 5.75 Å². The maximum atomic E-state index is 11.8. The van der Waals surface area contributed by atoms with Crippen LogP contribution in [0.2, 0.25) is 0 Å². The van der Waals surface area contributed by atoms with Crippen molar-refractivity contribution in [3.63, 3.8) is 0 Å². The molecule has 1 fully saturated rings. The molecule has 0 unspecified atom stereocenters. The van der Waals surface area contributed by atoms with E-state index >= 15 is 0 Å². The van der Waals surface area contributed by atoms with Gasteiger partial charge in [0.2, 0.25) is 0 Å². The van der Waals surface area contributed by atoms with Crippen molar-refractivity contribution in [1.82, 2.24) is 15.5 Å². The molecule has 1 saturated heterocycles. The fourth-order valence-electron chi connectivity index (χ4n) is 2.48. The zero-order chi connectivity index (χ0) is 14.8. The van der Waals surface area contributed by atoms with Crippen molar-refractivity contribution in [2.45, 2.75) is 12.5 Å². The highest BCUT2D eigenvalue weighted by Gasteiger charge is 2.26. The predicted molar refractivity (Wildman–Crippen MR) is 74.1 cm³/mol. The highest BCUT2D eigenvalue weighted by molar-refractivity contribution is 5.94. The zero-order valence-corrected chi connectivity index (χ0v) is 11.5. The van der Waals surface area contributed by atoms with Gasteiger partial charge in [0.25, 0.3) is 0 Å². The van der Waals surface area contributed by atoms with E-state index in [-0.39, 0.29) is 6.54 Å². The maximum absolute atomic E-state index is 11.8. The molecule has 4 amide bonds. The molecule has 2 aliphatic heterocycles. The van der Waals surface area contributed by atoms with Crippen molar-refractivity contribution in [3.05, 3.63) is 29.3 Å². The van der Waals surface area contributed by atoms with Crippen LogP contribution in [-0.2, 0) is 6.42 Å². The molecule has 0 aromatic heterocycles. The average Bonchev–Trinajstić information content (AvgIpc) is 3.11. The highest BCUT2D eigenvalue weighted by Crippen LogP contribution is 2.27. The molecule has 2 aliphatic rings. The Morgan fingerprint density at radius 2 is 2.38 bits per heavy atom. The Labute approximate surface area is 121 Å². The standard InChI is InChI=1S/C14H17N3O4/c18-11(8-16-14(20)17-5-4-15-13(17)19)9-1-2-12-10(7-9)3-6-21-12/h1-2,7,11,18H,3-6,8H2,(H,15,19)(H,16,20)/t11-/m0/s1. The van der Waals surface area contributed by atoms with E-state index in [1.165, 1.54) is 0 Å². The number of fused-ring (bicyclic) bond motifs is 1. The van der Waals surface area contributed by atoms with Crippen LogP contribution in [0.1, 0.15) is 17.2 Å². The summed E-state index contributed by atoms with van der Waals surface area (Å²) in [5, 5.41) is 15.2. The number of urea groups is 2. The fourth-order valence-corrected chi connectivity index (χ4v) is 2.48. The largest absolute Gasteiger partial charge is 0.493 e. The van der Waals surface area contributed by atoms with E-state index in [1.54, 1.807) is 6.07 Å². The number of aliphatic hydroxyl groups excluding tert-OH is 1. The third kappa shape index (κ3) is 2.78. The van der Waals surface area contributed by atoms with Crippen LogP contribution in [0.15, 0.2) is 18.2 Å². The van der Waals surface area contributed by atoms with Gasteiger partial charge in [-0.25, -0.2) is 14.5 Å². The van der Waals surface area contributed by atoms with E-state index in [2.05, 4.69) is 10.6 Å². The number of carbonyl (C=O) groups is 2. The minimum atomic E-state index is -0.814. The van der Waals surface area contributed by atoms with Gasteiger partial charge in [0.1, 0.15) is 5.75 Å². The number of imide groups is 1. The van der Waals surface area contributed by atoms with Gasteiger partial charge in [-0.15, -0.1) is 0 Å². The summed E-state index contributed by atoms with van der Waals surface area (Å²) in [6.45, 7) is 1.52. The quantitative estimate of drug-likeness (QED) is 0.751. The average molecular weight is 291 g/mol. The molecule has 7 heteroatoms. The fraction of sp³-hybridized carbons (Fsp3) is 0.429. The Balaban J connectivity index is 1.57. The summed E-state index contributed by atoms with van der Waals surface area (Å²) in [7, 11) is 0. The van der Waals surface area contributed by atoms with E-state index < -0.39 is 18.2 Å². The molecular formula is C14H17N3O4. The van der Waals surface area contributed by atoms with Crippen LogP contribution in [0, 0.1) is 0 Å². The Hall–Kier alpha value is -2.28. The third-order valence-corrected chi connectivity index (χ3v) is 3.65. The SMILES string of the molecule is O=C1NCCN1C(=O)NC[C@H](O)c1ccc2c(c1)CCO2. The molecule has 21 heavy (non-hydrogen) atoms. The van der Waals surface area contributed by atoms with Crippen LogP contribution in [0.3, 0.4) is 0 Å². The van der Waals surface area contributed by atoms with E-state index in [1.807, 2.05) is 12.1 Å². The topological polar surface area (TPSA) is 90.9 Å². The van der Waals surface area contributed by atoms with Crippen molar-refractivity contribution in [2.75, 3.05) is 26.2 Å². The van der Waals surface area contributed by atoms with Crippen molar-refractivity contribution >= 4 is 12.1 Å². The lowest BCUT2D eigenvalue weighted by molar-refractivity contribution is 0.165. The lowest BCUT2D eigenvalue weighted by atomic mass is 10.0. The summed E-state index contributed by atoms with van der Waals surface area (Å²) in [4.78, 5) is 24.2. The van der Waals surface area contributed by atoms with Crippen molar-refractivity contribution in [3.8, 4) is 5.75 Å². The van der Waals surface area contributed by atoms with Gasteiger partial charge in [-0.3, -0.25) is 0 Å². The molecule has 1 aromatic rings. The first-order chi connectivity index (χ1) is 10.1. The Morgan fingerprint density at radius 3 is 3.14 bits per heavy atom. The molecule has 0 bridgehead atoms. The molecule has 0 saturated carbocycles. The van der Waals surface area contributed by atoms with Crippen LogP contribution < -0.4 is 15.4 Å². The minimum absolute atomic E-state index is 0.0578. The normalized spacial score (nSPS) is 18.0. The van der Waals surface area contributed by atoms with E-state index in [4.69, 9.17) is 4.74 Å². The predicted octanol–water partition coefficient (Wildman–Crippen LogP) is 0.390. The van der Waals surface area contributed by atoms with Gasteiger partial charge in [-0.05, 0) is 23.3 Å². The molecule has 3 rings (SSSR count). The number of amides is 4. The second kappa shape index (κ2) is 5.61. The van der Waals surface area contributed by atoms with Gasteiger partial charge < -0.3 is 20.5 Å². The molecule has 0 aliphatic carbocycles. The Bertz CT molecular complexity index is 575. The first kappa shape index (κ1) is 13.7. The molecule has 2 heterocycles. The summed E-state index contributed by atoms with van der Waals surface area (Å²) in [5.74, 6) is 0.851. The molecule has 3 N–H and O–H groups in total. The Morgan fingerprint density at radius 1 is 1.52 bits per heavy atom. The Kier molecular flexibility index (Phi) is 3.66. The summed E-state index contributed by atoms with van der Waals surface area (Å²) >= 11 is 0. The van der Waals surface area contributed by atoms with Gasteiger partial charge in [-0.1, -0.05) is 6.07 Å². The van der Waals surface area contributed by atoms with Crippen LogP contribution in [0.25, 0.3) is 0 Å². The monoisotopic (exact) mass is 291 g/mol. The molecule has 0 spiro atoms. The smallest absolute Gasteiger partial charge is 0.325 e. The maximum Gasteiger partial charge on any atom is 0.325 e. The molecule has 7 nitrogen and oxygen atoms in total. The first-order valence-corrected chi connectivity index (χ1v) is 6.92. The summed E-state index contributed by atoms with van der Waals surface area (Å²) < 4.78 is 5.41. The van der Waals surface area contributed by atoms with Crippen LogP contribution in [-0.4, -0.2) is 48.3 Å². The molecular weight excluding hydrogens is 274 g/mol. The lowest BCUT2D eigenvalue weighted by Crippen LogP contribution is -2.43. The van der Waals surface area contributed by atoms with E-state index in [0.717, 1.165) is 28.2 Å². The van der Waals surface area contributed by atoms with Crippen molar-refractivity contribution < 1.29 is 19.4 Å². The number of nitrogens with zero attached hydrogens (tertiary/aromatic N) is 1. The number of hydrogen-bond acceptors (Lipinski definition) is 4. The molecule has 0 radical (unpaired) electrons. The number of hydrogen-bond donors (Lipinski definition) is 3. The number of ether oxygens (including phenoxy) is 1. The number of nitrogens with one attached hydrogen (secondary N) is 2. The third-order valence-electron chi connectivity index (χ3n) is 3.65. The molecule has 1 aromatic carbocycles. The van der Waals surface area contributed by atoms with Gasteiger partial charge in [0, 0.05) is 26.1 Å². The van der Waals surface area contributed by atoms with Crippen molar-refractivity contribution in [2.24, 2.45) is 0 Å². The number of rotatable bonds is 3. The van der Waals surface area contributed by atoms with Gasteiger partial charge in [0.15, 0.2) is 0 Å². The zero-order valence-electron chi connectivity index (χ0n) is 11.5. The summed E-state index contributed by atoms with van der Waals surface area (Å²) in [5.41, 5.74) is 1.79. The van der Waals surface area contributed by atoms with E-state index in [9.17, 15) is 14.7 Å². The first-order valence-electron chi connectivity index (χ1n) is 6.92. The number of aliphatic hydroxyl groups is 1. The van der Waals surface area contributed by atoms with Crippen LogP contribution >= 0.6 is 0 Å². The van der Waals surface area contributed by atoms with Gasteiger partial charge in [-0.2, -0.15) is 0 Å². The molecule has 112 valence electrons. The second-order valence-corrected chi connectivity index (χ2v) is 5.05. The van der Waals surface area contributed by atoms with Crippen LogP contribution in [0.4, 0.5) is 9.59 Å².